The topological polar surface area (TPSA) is 58.6 Å². The van der Waals surface area contributed by atoms with Crippen molar-refractivity contribution >= 4 is 27.5 Å². The number of phenolic OH excluding ortho intramolecular Hbond substituents is 1. The van der Waals surface area contributed by atoms with Gasteiger partial charge in [-0.2, -0.15) is 0 Å². The van der Waals surface area contributed by atoms with Crippen molar-refractivity contribution in [3.8, 4) is 11.5 Å². The molecular weight excluding hydrogens is 329 g/mol. The van der Waals surface area contributed by atoms with Crippen LogP contribution < -0.4 is 10.1 Å². The van der Waals surface area contributed by atoms with Gasteiger partial charge in [0, 0.05) is 10.5 Å². The molecule has 0 atom stereocenters. The van der Waals surface area contributed by atoms with E-state index in [-0.39, 0.29) is 5.56 Å². The van der Waals surface area contributed by atoms with Gasteiger partial charge in [0.1, 0.15) is 17.3 Å². The van der Waals surface area contributed by atoms with Crippen molar-refractivity contribution < 1.29 is 19.0 Å². The van der Waals surface area contributed by atoms with Gasteiger partial charge < -0.3 is 15.2 Å². The number of amides is 1. The molecule has 0 saturated carbocycles. The normalized spacial score (nSPS) is 10.2. The van der Waals surface area contributed by atoms with Gasteiger partial charge in [0.2, 0.25) is 0 Å². The molecule has 2 N–H and O–H groups in total. The quantitative estimate of drug-likeness (QED) is 0.898. The summed E-state index contributed by atoms with van der Waals surface area (Å²) in [7, 11) is 1.48. The first-order valence-electron chi connectivity index (χ1n) is 5.64. The number of carbonyl (C=O) groups is 1. The van der Waals surface area contributed by atoms with E-state index >= 15 is 0 Å². The van der Waals surface area contributed by atoms with Crippen LogP contribution in [0.15, 0.2) is 40.9 Å². The van der Waals surface area contributed by atoms with Crippen LogP contribution in [0, 0.1) is 5.82 Å². The summed E-state index contributed by atoms with van der Waals surface area (Å²) in [5.41, 5.74) is 0.420. The second kappa shape index (κ2) is 5.92. The fraction of sp³-hybridized carbons (Fsp3) is 0.0714. The van der Waals surface area contributed by atoms with Crippen LogP contribution in [0.4, 0.5) is 10.1 Å². The number of hydrogen-bond donors (Lipinski definition) is 2. The number of benzene rings is 2. The van der Waals surface area contributed by atoms with Crippen molar-refractivity contribution in [2.24, 2.45) is 0 Å². The molecule has 2 rings (SSSR count). The summed E-state index contributed by atoms with van der Waals surface area (Å²) in [5.74, 6) is -1.11. The number of anilines is 1. The van der Waals surface area contributed by atoms with Gasteiger partial charge in [-0.3, -0.25) is 4.79 Å². The molecule has 0 radical (unpaired) electrons. The number of aromatic hydroxyl groups is 1. The molecule has 0 aliphatic heterocycles. The average molecular weight is 340 g/mol. The van der Waals surface area contributed by atoms with Crippen LogP contribution in [0.5, 0.6) is 11.5 Å². The molecule has 0 saturated heterocycles. The molecule has 0 spiro atoms. The van der Waals surface area contributed by atoms with Crippen LogP contribution in [0.2, 0.25) is 0 Å². The Balaban J connectivity index is 2.30. The fourth-order valence-electron chi connectivity index (χ4n) is 1.66. The Hall–Kier alpha value is -2.08. The maximum Gasteiger partial charge on any atom is 0.259 e. The molecule has 0 aliphatic carbocycles. The van der Waals surface area contributed by atoms with E-state index in [2.05, 4.69) is 21.2 Å². The lowest BCUT2D eigenvalue weighted by atomic mass is 10.1. The fourth-order valence-corrected chi connectivity index (χ4v) is 2.03. The minimum Gasteiger partial charge on any atom is -0.507 e. The molecule has 1 amide bonds. The van der Waals surface area contributed by atoms with Crippen LogP contribution >= 0.6 is 15.9 Å². The Labute approximate surface area is 123 Å². The van der Waals surface area contributed by atoms with E-state index in [0.29, 0.717) is 11.4 Å². The summed E-state index contributed by atoms with van der Waals surface area (Å²) >= 11 is 3.29. The molecule has 6 heteroatoms. The first-order chi connectivity index (χ1) is 9.51. The summed E-state index contributed by atoms with van der Waals surface area (Å²) in [6.45, 7) is 0. The standard InChI is InChI=1S/C14H11BrFNO3/c1-20-13-5-2-8(15)6-11(13)17-14(19)10-4-3-9(16)7-12(10)18/h2-7,18H,1H3,(H,17,19). The Morgan fingerprint density at radius 3 is 2.70 bits per heavy atom. The van der Waals surface area contributed by atoms with Crippen LogP contribution in [0.3, 0.4) is 0 Å². The third kappa shape index (κ3) is 3.08. The molecule has 0 aliphatic rings. The molecule has 20 heavy (non-hydrogen) atoms. The van der Waals surface area contributed by atoms with E-state index in [0.717, 1.165) is 16.6 Å². The molecule has 4 nitrogen and oxygen atoms in total. The van der Waals surface area contributed by atoms with E-state index in [9.17, 15) is 14.3 Å². The number of rotatable bonds is 3. The predicted octanol–water partition coefficient (Wildman–Crippen LogP) is 3.55. The van der Waals surface area contributed by atoms with Crippen LogP contribution in [-0.2, 0) is 0 Å². The Bertz CT molecular complexity index is 661. The van der Waals surface area contributed by atoms with Gasteiger partial charge in [0.15, 0.2) is 0 Å². The molecule has 2 aromatic rings. The Morgan fingerprint density at radius 1 is 1.30 bits per heavy atom. The lowest BCUT2D eigenvalue weighted by Crippen LogP contribution is -2.13. The van der Waals surface area contributed by atoms with Crippen molar-refractivity contribution in [3.05, 3.63) is 52.3 Å². The Morgan fingerprint density at radius 2 is 2.05 bits per heavy atom. The Kier molecular flexibility index (Phi) is 4.24. The summed E-state index contributed by atoms with van der Waals surface area (Å²) in [4.78, 5) is 12.1. The van der Waals surface area contributed by atoms with Gasteiger partial charge in [-0.15, -0.1) is 0 Å². The van der Waals surface area contributed by atoms with Crippen molar-refractivity contribution in [2.75, 3.05) is 12.4 Å². The number of nitrogens with one attached hydrogen (secondary N) is 1. The molecular formula is C14H11BrFNO3. The predicted molar refractivity (Wildman–Crippen MR) is 76.7 cm³/mol. The van der Waals surface area contributed by atoms with Gasteiger partial charge in [-0.1, -0.05) is 15.9 Å². The number of methoxy groups -OCH3 is 1. The zero-order chi connectivity index (χ0) is 14.7. The van der Waals surface area contributed by atoms with E-state index in [1.807, 2.05) is 0 Å². The third-order valence-corrected chi connectivity index (χ3v) is 3.11. The molecule has 104 valence electrons. The summed E-state index contributed by atoms with van der Waals surface area (Å²) < 4.78 is 18.8. The maximum atomic E-state index is 12.9. The van der Waals surface area contributed by atoms with E-state index in [1.54, 1.807) is 18.2 Å². The van der Waals surface area contributed by atoms with Gasteiger partial charge in [-0.25, -0.2) is 4.39 Å². The van der Waals surface area contributed by atoms with Crippen molar-refractivity contribution in [1.29, 1.82) is 0 Å². The SMILES string of the molecule is COc1ccc(Br)cc1NC(=O)c1ccc(F)cc1O. The lowest BCUT2D eigenvalue weighted by molar-refractivity contribution is 0.102. The summed E-state index contributed by atoms with van der Waals surface area (Å²) in [6, 6.07) is 8.32. The summed E-state index contributed by atoms with van der Waals surface area (Å²) in [5, 5.41) is 12.2. The van der Waals surface area contributed by atoms with E-state index < -0.39 is 17.5 Å². The van der Waals surface area contributed by atoms with Crippen molar-refractivity contribution in [2.45, 2.75) is 0 Å². The van der Waals surface area contributed by atoms with Crippen molar-refractivity contribution in [3.63, 3.8) is 0 Å². The zero-order valence-corrected chi connectivity index (χ0v) is 12.1. The van der Waals surface area contributed by atoms with Gasteiger partial charge in [0.05, 0.1) is 18.4 Å². The molecule has 0 unspecified atom stereocenters. The zero-order valence-electron chi connectivity index (χ0n) is 10.5. The highest BCUT2D eigenvalue weighted by molar-refractivity contribution is 9.10. The van der Waals surface area contributed by atoms with Gasteiger partial charge in [0.25, 0.3) is 5.91 Å². The first kappa shape index (κ1) is 14.3. The molecule has 0 heterocycles. The molecule has 0 bridgehead atoms. The van der Waals surface area contributed by atoms with Gasteiger partial charge in [-0.05, 0) is 30.3 Å². The number of halogens is 2. The van der Waals surface area contributed by atoms with Gasteiger partial charge >= 0.3 is 0 Å². The maximum absolute atomic E-state index is 12.9. The first-order valence-corrected chi connectivity index (χ1v) is 6.44. The van der Waals surface area contributed by atoms with Crippen LogP contribution in [0.1, 0.15) is 10.4 Å². The van der Waals surface area contributed by atoms with Crippen LogP contribution in [-0.4, -0.2) is 18.1 Å². The highest BCUT2D eigenvalue weighted by Crippen LogP contribution is 2.29. The highest BCUT2D eigenvalue weighted by Gasteiger charge is 2.14. The van der Waals surface area contributed by atoms with E-state index in [1.165, 1.54) is 13.2 Å². The highest BCUT2D eigenvalue weighted by atomic mass is 79.9. The van der Waals surface area contributed by atoms with E-state index in [4.69, 9.17) is 4.74 Å². The largest absolute Gasteiger partial charge is 0.507 e. The van der Waals surface area contributed by atoms with Crippen molar-refractivity contribution in [1.82, 2.24) is 0 Å². The third-order valence-electron chi connectivity index (χ3n) is 2.61. The molecule has 0 aromatic heterocycles. The molecule has 2 aromatic carbocycles. The summed E-state index contributed by atoms with van der Waals surface area (Å²) in [6.07, 6.45) is 0. The number of phenols is 1. The second-order valence-electron chi connectivity index (χ2n) is 3.96. The average Bonchev–Trinajstić information content (AvgIpc) is 2.38. The monoisotopic (exact) mass is 339 g/mol. The number of ether oxygens (including phenoxy) is 1. The van der Waals surface area contributed by atoms with Crippen LogP contribution in [0.25, 0.3) is 0 Å². The second-order valence-corrected chi connectivity index (χ2v) is 4.88. The smallest absolute Gasteiger partial charge is 0.259 e. The number of hydrogen-bond acceptors (Lipinski definition) is 3. The number of carbonyl (C=O) groups excluding carboxylic acids is 1. The minimum atomic E-state index is -0.612. The molecule has 0 fully saturated rings. The lowest BCUT2D eigenvalue weighted by Gasteiger charge is -2.11. The minimum absolute atomic E-state index is 0.0200.